The van der Waals surface area contributed by atoms with E-state index in [0.717, 1.165) is 17.1 Å². The molecule has 3 heterocycles. The second kappa shape index (κ2) is 10.2. The summed E-state index contributed by atoms with van der Waals surface area (Å²) < 4.78 is 5.55. The Labute approximate surface area is 204 Å². The Morgan fingerprint density at radius 2 is 1.71 bits per heavy atom. The number of benzene rings is 1. The fourth-order valence-corrected chi connectivity index (χ4v) is 4.34. The number of anilines is 1. The Morgan fingerprint density at radius 1 is 1.00 bits per heavy atom. The molecule has 0 saturated carbocycles. The normalized spacial score (nSPS) is 16.7. The summed E-state index contributed by atoms with van der Waals surface area (Å²) in [6.45, 7) is 9.08. The van der Waals surface area contributed by atoms with E-state index in [4.69, 9.17) is 19.5 Å². The molecule has 1 saturated heterocycles. The van der Waals surface area contributed by atoms with Crippen molar-refractivity contribution in [3.8, 4) is 0 Å². The predicted octanol–water partition coefficient (Wildman–Crippen LogP) is 3.39. The highest BCUT2D eigenvalue weighted by molar-refractivity contribution is 7.98. The summed E-state index contributed by atoms with van der Waals surface area (Å²) >= 11 is 1.48. The number of amides is 1. The number of fused-ring (bicyclic) bond motifs is 1. The molecule has 0 spiro atoms. The van der Waals surface area contributed by atoms with Crippen LogP contribution in [-0.2, 0) is 22.5 Å². The fourth-order valence-electron chi connectivity index (χ4n) is 3.96. The molecule has 1 aromatic carbocycles. The van der Waals surface area contributed by atoms with Crippen LogP contribution in [0.15, 0.2) is 35.5 Å². The Morgan fingerprint density at radius 3 is 2.35 bits per heavy atom. The monoisotopic (exact) mass is 485 g/mol. The lowest BCUT2D eigenvalue weighted by Crippen LogP contribution is -2.48. The number of ether oxygens (including phenoxy) is 1. The zero-order valence-electron chi connectivity index (χ0n) is 20.1. The molecule has 182 valence electrons. The maximum Gasteiger partial charge on any atom is 0.410 e. The minimum Gasteiger partial charge on any atom is -0.444 e. The largest absolute Gasteiger partial charge is 0.444 e. The molecule has 0 atom stereocenters. The number of carbonyl (C=O) groups is 2. The highest BCUT2D eigenvalue weighted by atomic mass is 32.2. The second-order valence-corrected chi connectivity index (χ2v) is 10.0. The fraction of sp³-hybridized carbons (Fsp3) is 0.500. The number of piperazine rings is 1. The lowest BCUT2D eigenvalue weighted by molar-refractivity contribution is -0.112. The lowest BCUT2D eigenvalue weighted by Gasteiger charge is -2.37. The first kappa shape index (κ1) is 24.3. The number of rotatable bonds is 4. The van der Waals surface area contributed by atoms with Gasteiger partial charge >= 0.3 is 12.1 Å². The third-order valence-corrected chi connectivity index (χ3v) is 6.16. The van der Waals surface area contributed by atoms with Gasteiger partial charge in [-0.05, 0) is 45.6 Å². The summed E-state index contributed by atoms with van der Waals surface area (Å²) in [4.78, 5) is 44.0. The van der Waals surface area contributed by atoms with Crippen molar-refractivity contribution in [2.75, 3.05) is 43.9 Å². The van der Waals surface area contributed by atoms with Crippen molar-refractivity contribution in [3.05, 3.63) is 47.2 Å². The Bertz CT molecular complexity index is 1040. The van der Waals surface area contributed by atoms with Crippen LogP contribution in [0.4, 0.5) is 10.6 Å². The van der Waals surface area contributed by atoms with E-state index >= 15 is 0 Å². The SMILES string of the molecule is CSc1nc2c(c(N3CCN(OC(=O)c4ccccc4)CC3)n1)CCN(C(=O)OC(C)(C)C)C2. The molecule has 2 aliphatic rings. The van der Waals surface area contributed by atoms with Crippen molar-refractivity contribution < 1.29 is 19.2 Å². The van der Waals surface area contributed by atoms with Gasteiger partial charge in [-0.3, -0.25) is 0 Å². The van der Waals surface area contributed by atoms with Crippen LogP contribution in [0, 0.1) is 0 Å². The van der Waals surface area contributed by atoms with Crippen molar-refractivity contribution in [3.63, 3.8) is 0 Å². The number of hydrogen-bond acceptors (Lipinski definition) is 9. The minimum atomic E-state index is -0.539. The molecule has 0 aliphatic carbocycles. The third-order valence-electron chi connectivity index (χ3n) is 5.62. The van der Waals surface area contributed by atoms with Gasteiger partial charge in [0.25, 0.3) is 0 Å². The molecule has 2 aromatic rings. The topological polar surface area (TPSA) is 88.1 Å². The molecule has 1 amide bonds. The van der Waals surface area contributed by atoms with Crippen molar-refractivity contribution >= 4 is 29.6 Å². The first-order valence-electron chi connectivity index (χ1n) is 11.4. The van der Waals surface area contributed by atoms with Crippen LogP contribution in [0.5, 0.6) is 0 Å². The van der Waals surface area contributed by atoms with Crippen LogP contribution in [0.2, 0.25) is 0 Å². The van der Waals surface area contributed by atoms with Crippen LogP contribution in [-0.4, -0.2) is 76.6 Å². The lowest BCUT2D eigenvalue weighted by atomic mass is 10.0. The first-order valence-corrected chi connectivity index (χ1v) is 12.6. The molecule has 4 rings (SSSR count). The van der Waals surface area contributed by atoms with E-state index in [1.807, 2.05) is 45.2 Å². The molecule has 0 bridgehead atoms. The van der Waals surface area contributed by atoms with E-state index in [9.17, 15) is 9.59 Å². The molecular weight excluding hydrogens is 454 g/mol. The van der Waals surface area contributed by atoms with Gasteiger partial charge in [0.15, 0.2) is 5.16 Å². The van der Waals surface area contributed by atoms with Gasteiger partial charge in [-0.15, -0.1) is 5.06 Å². The Kier molecular flexibility index (Phi) is 7.27. The smallest absolute Gasteiger partial charge is 0.410 e. The van der Waals surface area contributed by atoms with E-state index in [0.29, 0.717) is 56.4 Å². The Balaban J connectivity index is 1.44. The standard InChI is InChI=1S/C24H31N5O4S/c1-24(2,3)32-23(31)28-11-10-18-19(16-28)25-22(34-4)26-20(18)27-12-14-29(15-13-27)33-21(30)17-8-6-5-7-9-17/h5-9H,10-16H2,1-4H3. The molecule has 0 unspecified atom stereocenters. The second-order valence-electron chi connectivity index (χ2n) is 9.27. The molecular formula is C24H31N5O4S. The number of hydrogen-bond donors (Lipinski definition) is 0. The van der Waals surface area contributed by atoms with Gasteiger partial charge in [0.1, 0.15) is 11.4 Å². The summed E-state index contributed by atoms with van der Waals surface area (Å²) in [5, 5.41) is 2.39. The maximum atomic E-state index is 12.6. The van der Waals surface area contributed by atoms with E-state index in [-0.39, 0.29) is 12.1 Å². The van der Waals surface area contributed by atoms with Crippen LogP contribution >= 0.6 is 11.8 Å². The van der Waals surface area contributed by atoms with Gasteiger partial charge < -0.3 is 19.4 Å². The quantitative estimate of drug-likeness (QED) is 0.478. The first-order chi connectivity index (χ1) is 16.2. The van der Waals surface area contributed by atoms with E-state index in [1.165, 1.54) is 11.8 Å². The number of aromatic nitrogens is 2. The van der Waals surface area contributed by atoms with Crippen molar-refractivity contribution in [2.45, 2.75) is 44.5 Å². The number of nitrogens with zero attached hydrogens (tertiary/aromatic N) is 5. The summed E-state index contributed by atoms with van der Waals surface area (Å²) in [5.41, 5.74) is 1.94. The maximum absolute atomic E-state index is 12.6. The molecule has 1 fully saturated rings. The van der Waals surface area contributed by atoms with Gasteiger partial charge in [0.2, 0.25) is 0 Å². The number of thioether (sulfide) groups is 1. The Hall–Kier alpha value is -2.85. The summed E-state index contributed by atoms with van der Waals surface area (Å²) in [6, 6.07) is 9.00. The highest BCUT2D eigenvalue weighted by Crippen LogP contribution is 2.30. The van der Waals surface area contributed by atoms with Crippen LogP contribution in [0.1, 0.15) is 42.4 Å². The predicted molar refractivity (Wildman–Crippen MR) is 130 cm³/mol. The van der Waals surface area contributed by atoms with Gasteiger partial charge in [-0.1, -0.05) is 30.0 Å². The molecule has 0 radical (unpaired) electrons. The molecule has 10 heteroatoms. The molecule has 0 N–H and O–H groups in total. The van der Waals surface area contributed by atoms with Gasteiger partial charge in [-0.2, -0.15) is 0 Å². The summed E-state index contributed by atoms with van der Waals surface area (Å²) in [5.74, 6) is 0.563. The zero-order chi connectivity index (χ0) is 24.3. The van der Waals surface area contributed by atoms with Crippen LogP contribution in [0.25, 0.3) is 0 Å². The average molecular weight is 486 g/mol. The summed E-state index contributed by atoms with van der Waals surface area (Å²) in [6.07, 6.45) is 2.29. The highest BCUT2D eigenvalue weighted by Gasteiger charge is 2.31. The van der Waals surface area contributed by atoms with E-state index in [2.05, 4.69) is 4.90 Å². The molecule has 1 aromatic heterocycles. The third kappa shape index (κ3) is 5.79. The molecule has 2 aliphatic heterocycles. The van der Waals surface area contributed by atoms with Gasteiger partial charge in [0, 0.05) is 25.2 Å². The van der Waals surface area contributed by atoms with E-state index in [1.54, 1.807) is 22.1 Å². The van der Waals surface area contributed by atoms with Crippen molar-refractivity contribution in [1.29, 1.82) is 0 Å². The van der Waals surface area contributed by atoms with Crippen LogP contribution < -0.4 is 4.90 Å². The molecule has 9 nitrogen and oxygen atoms in total. The van der Waals surface area contributed by atoms with E-state index < -0.39 is 5.60 Å². The zero-order valence-corrected chi connectivity index (χ0v) is 20.9. The van der Waals surface area contributed by atoms with Crippen molar-refractivity contribution in [2.24, 2.45) is 0 Å². The number of hydroxylamine groups is 2. The molecule has 34 heavy (non-hydrogen) atoms. The minimum absolute atomic E-state index is 0.321. The van der Waals surface area contributed by atoms with Crippen LogP contribution in [0.3, 0.4) is 0 Å². The average Bonchev–Trinajstić information content (AvgIpc) is 2.83. The summed E-state index contributed by atoms with van der Waals surface area (Å²) in [7, 11) is 0. The number of carbonyl (C=O) groups excluding carboxylic acids is 2. The van der Waals surface area contributed by atoms with Crippen molar-refractivity contribution in [1.82, 2.24) is 19.9 Å². The van der Waals surface area contributed by atoms with Gasteiger partial charge in [-0.25, -0.2) is 19.6 Å². The van der Waals surface area contributed by atoms with Gasteiger partial charge in [0.05, 0.1) is 30.9 Å².